The number of nitrogens with two attached hydrogens (primary N) is 1. The zero-order valence-corrected chi connectivity index (χ0v) is 9.66. The monoisotopic (exact) mass is 227 g/mol. The molecule has 0 aliphatic carbocycles. The smallest absolute Gasteiger partial charge is 0.0773 e. The molecule has 2 nitrogen and oxygen atoms in total. The van der Waals surface area contributed by atoms with Gasteiger partial charge in [-0.05, 0) is 11.1 Å². The lowest BCUT2D eigenvalue weighted by molar-refractivity contribution is 0.145. The summed E-state index contributed by atoms with van der Waals surface area (Å²) in [7, 11) is 0. The molecular weight excluding hydrogens is 210 g/mol. The minimum absolute atomic E-state index is 0.337. The summed E-state index contributed by atoms with van der Waals surface area (Å²) in [5, 5.41) is 10.1. The first kappa shape index (κ1) is 11.8. The largest absolute Gasteiger partial charge is 0.391 e. The second kappa shape index (κ2) is 5.62. The van der Waals surface area contributed by atoms with E-state index in [0.717, 1.165) is 11.1 Å². The number of hydrogen-bond donors (Lipinski definition) is 2. The number of aliphatic hydroxyl groups excluding tert-OH is 1. The number of benzene rings is 2. The van der Waals surface area contributed by atoms with E-state index < -0.39 is 6.10 Å². The molecule has 0 aromatic heterocycles. The molecule has 0 aliphatic heterocycles. The Labute approximate surface area is 102 Å². The highest BCUT2D eigenvalue weighted by Gasteiger charge is 2.16. The molecule has 2 heteroatoms. The van der Waals surface area contributed by atoms with E-state index >= 15 is 0 Å². The predicted octanol–water partition coefficient (Wildman–Crippen LogP) is 2.29. The van der Waals surface area contributed by atoms with E-state index in [1.165, 1.54) is 0 Å². The molecule has 0 heterocycles. The molecule has 0 unspecified atom stereocenters. The van der Waals surface area contributed by atoms with Crippen molar-refractivity contribution in [1.82, 2.24) is 0 Å². The predicted molar refractivity (Wildman–Crippen MR) is 69.5 cm³/mol. The van der Waals surface area contributed by atoms with Gasteiger partial charge in [0.2, 0.25) is 0 Å². The molecule has 2 aromatic rings. The molecule has 2 atom stereocenters. The Bertz CT molecular complexity index is 441. The second-order valence-corrected chi connectivity index (χ2v) is 4.19. The van der Waals surface area contributed by atoms with Gasteiger partial charge in [-0.15, -0.1) is 0 Å². The highest BCUT2D eigenvalue weighted by atomic mass is 16.3. The Hall–Kier alpha value is -1.64. The first-order valence-corrected chi connectivity index (χ1v) is 5.80. The van der Waals surface area contributed by atoms with Crippen LogP contribution in [0.5, 0.6) is 0 Å². The fraction of sp³-hybridized carbons (Fsp3) is 0.200. The number of hydrogen-bond acceptors (Lipinski definition) is 2. The Morgan fingerprint density at radius 2 is 1.41 bits per heavy atom. The molecule has 0 radical (unpaired) electrons. The van der Waals surface area contributed by atoms with Crippen LogP contribution in [0.2, 0.25) is 0 Å². The van der Waals surface area contributed by atoms with Gasteiger partial charge in [0.1, 0.15) is 0 Å². The average Bonchev–Trinajstić information content (AvgIpc) is 2.40. The summed E-state index contributed by atoms with van der Waals surface area (Å²) in [5.41, 5.74) is 8.11. The molecule has 0 spiro atoms. The van der Waals surface area contributed by atoms with Crippen LogP contribution in [-0.4, -0.2) is 11.2 Å². The molecule has 0 saturated carbocycles. The fourth-order valence-corrected chi connectivity index (χ4v) is 1.88. The van der Waals surface area contributed by atoms with Crippen molar-refractivity contribution in [1.29, 1.82) is 0 Å². The lowest BCUT2D eigenvalue weighted by Gasteiger charge is -2.19. The van der Waals surface area contributed by atoms with Crippen molar-refractivity contribution in [3.63, 3.8) is 0 Å². The molecular formula is C15H17NO. The molecule has 2 aromatic carbocycles. The van der Waals surface area contributed by atoms with Gasteiger partial charge in [0, 0.05) is 6.42 Å². The van der Waals surface area contributed by atoms with Crippen LogP contribution in [0.4, 0.5) is 0 Å². The van der Waals surface area contributed by atoms with Crippen molar-refractivity contribution in [2.75, 3.05) is 0 Å². The van der Waals surface area contributed by atoms with Crippen LogP contribution in [-0.2, 0) is 6.42 Å². The topological polar surface area (TPSA) is 46.2 Å². The first-order chi connectivity index (χ1) is 8.27. The van der Waals surface area contributed by atoms with Gasteiger partial charge in [0.15, 0.2) is 0 Å². The summed E-state index contributed by atoms with van der Waals surface area (Å²) in [6.45, 7) is 0. The van der Waals surface area contributed by atoms with Crippen molar-refractivity contribution in [2.24, 2.45) is 5.73 Å². The van der Waals surface area contributed by atoms with Gasteiger partial charge in [-0.1, -0.05) is 60.7 Å². The van der Waals surface area contributed by atoms with Gasteiger partial charge in [-0.3, -0.25) is 0 Å². The highest BCUT2D eigenvalue weighted by molar-refractivity contribution is 5.21. The highest BCUT2D eigenvalue weighted by Crippen LogP contribution is 2.17. The normalized spacial score (nSPS) is 14.2. The van der Waals surface area contributed by atoms with E-state index in [9.17, 15) is 5.11 Å². The van der Waals surface area contributed by atoms with E-state index in [2.05, 4.69) is 0 Å². The fourth-order valence-electron chi connectivity index (χ4n) is 1.88. The summed E-state index contributed by atoms with van der Waals surface area (Å²) in [6, 6.07) is 19.3. The van der Waals surface area contributed by atoms with Gasteiger partial charge in [-0.2, -0.15) is 0 Å². The second-order valence-electron chi connectivity index (χ2n) is 4.19. The van der Waals surface area contributed by atoms with Crippen LogP contribution in [0, 0.1) is 0 Å². The summed E-state index contributed by atoms with van der Waals surface area (Å²) in [4.78, 5) is 0. The zero-order valence-electron chi connectivity index (χ0n) is 9.66. The Morgan fingerprint density at radius 3 is 2.00 bits per heavy atom. The third kappa shape index (κ3) is 3.16. The molecule has 3 N–H and O–H groups in total. The van der Waals surface area contributed by atoms with Crippen molar-refractivity contribution in [2.45, 2.75) is 18.6 Å². The maximum Gasteiger partial charge on any atom is 0.0773 e. The maximum absolute atomic E-state index is 10.1. The Morgan fingerprint density at radius 1 is 0.882 bits per heavy atom. The molecule has 88 valence electrons. The van der Waals surface area contributed by atoms with Crippen molar-refractivity contribution in [3.05, 3.63) is 71.8 Å². The Balaban J connectivity index is 2.03. The summed E-state index contributed by atoms with van der Waals surface area (Å²) in [5.74, 6) is 0. The van der Waals surface area contributed by atoms with Crippen LogP contribution < -0.4 is 5.73 Å². The van der Waals surface area contributed by atoms with E-state index in [4.69, 9.17) is 5.73 Å². The van der Waals surface area contributed by atoms with Crippen molar-refractivity contribution >= 4 is 0 Å². The summed E-state index contributed by atoms with van der Waals surface area (Å²) < 4.78 is 0. The van der Waals surface area contributed by atoms with Crippen LogP contribution in [0.3, 0.4) is 0 Å². The van der Waals surface area contributed by atoms with Gasteiger partial charge in [0.25, 0.3) is 0 Å². The molecule has 17 heavy (non-hydrogen) atoms. The molecule has 0 saturated heterocycles. The van der Waals surface area contributed by atoms with Gasteiger partial charge >= 0.3 is 0 Å². The zero-order chi connectivity index (χ0) is 12.1. The Kier molecular flexibility index (Phi) is 3.91. The van der Waals surface area contributed by atoms with E-state index in [-0.39, 0.29) is 6.04 Å². The minimum atomic E-state index is -0.556. The lowest BCUT2D eigenvalue weighted by atomic mass is 9.97. The van der Waals surface area contributed by atoms with Crippen LogP contribution >= 0.6 is 0 Å². The van der Waals surface area contributed by atoms with E-state index in [1.807, 2.05) is 60.7 Å². The van der Waals surface area contributed by atoms with Crippen LogP contribution in [0.1, 0.15) is 17.2 Å². The number of aliphatic hydroxyl groups is 1. The molecule has 0 fully saturated rings. The molecule has 0 aliphatic rings. The quantitative estimate of drug-likeness (QED) is 0.841. The van der Waals surface area contributed by atoms with E-state index in [0.29, 0.717) is 6.42 Å². The maximum atomic E-state index is 10.1. The van der Waals surface area contributed by atoms with E-state index in [1.54, 1.807) is 0 Å². The van der Waals surface area contributed by atoms with Gasteiger partial charge in [-0.25, -0.2) is 0 Å². The van der Waals surface area contributed by atoms with Crippen LogP contribution in [0.25, 0.3) is 0 Å². The third-order valence-corrected chi connectivity index (χ3v) is 2.89. The third-order valence-electron chi connectivity index (χ3n) is 2.89. The van der Waals surface area contributed by atoms with Crippen molar-refractivity contribution < 1.29 is 5.11 Å². The SMILES string of the molecule is N[C@@H](c1ccccc1)[C@H](O)Cc1ccccc1. The molecule has 0 bridgehead atoms. The van der Waals surface area contributed by atoms with Gasteiger partial charge in [0.05, 0.1) is 12.1 Å². The molecule has 0 amide bonds. The summed E-state index contributed by atoms with van der Waals surface area (Å²) in [6.07, 6.45) is 0.0245. The first-order valence-electron chi connectivity index (χ1n) is 5.80. The summed E-state index contributed by atoms with van der Waals surface area (Å²) >= 11 is 0. The standard InChI is InChI=1S/C15H17NO/c16-15(13-9-5-2-6-10-13)14(17)11-12-7-3-1-4-8-12/h1-10,14-15,17H,11,16H2/t14-,15+/m1/s1. The van der Waals surface area contributed by atoms with Gasteiger partial charge < -0.3 is 10.8 Å². The van der Waals surface area contributed by atoms with Crippen molar-refractivity contribution in [3.8, 4) is 0 Å². The van der Waals surface area contributed by atoms with Crippen LogP contribution in [0.15, 0.2) is 60.7 Å². The number of rotatable bonds is 4. The average molecular weight is 227 g/mol. The minimum Gasteiger partial charge on any atom is -0.391 e. The lowest BCUT2D eigenvalue weighted by Crippen LogP contribution is -2.28. The molecule has 2 rings (SSSR count).